The van der Waals surface area contributed by atoms with Crippen molar-refractivity contribution in [3.05, 3.63) is 35.5 Å². The molecule has 0 saturated carbocycles. The molecule has 0 bridgehead atoms. The predicted octanol–water partition coefficient (Wildman–Crippen LogP) is 2.44. The predicted molar refractivity (Wildman–Crippen MR) is 83.1 cm³/mol. The van der Waals surface area contributed by atoms with Gasteiger partial charge in [0.05, 0.1) is 6.10 Å². The van der Waals surface area contributed by atoms with E-state index in [0.29, 0.717) is 0 Å². The summed E-state index contributed by atoms with van der Waals surface area (Å²) in [7, 11) is 4.25. The largest absolute Gasteiger partial charge is 0.393 e. The number of fused-ring (bicyclic) bond motifs is 3. The summed E-state index contributed by atoms with van der Waals surface area (Å²) >= 11 is 0. The molecule has 1 N–H and O–H groups in total. The molecule has 0 aliphatic heterocycles. The van der Waals surface area contributed by atoms with E-state index in [4.69, 9.17) is 0 Å². The van der Waals surface area contributed by atoms with Crippen LogP contribution in [0.2, 0.25) is 0 Å². The van der Waals surface area contributed by atoms with Crippen LogP contribution in [0, 0.1) is 0 Å². The van der Waals surface area contributed by atoms with Crippen molar-refractivity contribution in [3.63, 3.8) is 0 Å². The van der Waals surface area contributed by atoms with Crippen LogP contribution in [0.15, 0.2) is 24.3 Å². The second kappa shape index (κ2) is 5.58. The van der Waals surface area contributed by atoms with Gasteiger partial charge in [0.1, 0.15) is 0 Å². The van der Waals surface area contributed by atoms with Gasteiger partial charge in [0.15, 0.2) is 0 Å². The normalized spacial score (nSPS) is 18.7. The number of aryl methyl sites for hydroxylation is 1. The third-order valence-electron chi connectivity index (χ3n) is 4.34. The summed E-state index contributed by atoms with van der Waals surface area (Å²) in [6.45, 7) is 2.19. The van der Waals surface area contributed by atoms with Gasteiger partial charge in [-0.15, -0.1) is 0 Å². The van der Waals surface area contributed by atoms with Gasteiger partial charge in [-0.3, -0.25) is 0 Å². The van der Waals surface area contributed by atoms with Gasteiger partial charge >= 0.3 is 0 Å². The fraction of sp³-hybridized carbons (Fsp3) is 0.529. The summed E-state index contributed by atoms with van der Waals surface area (Å²) in [5.41, 5.74) is 4.17. The minimum absolute atomic E-state index is 0.163. The van der Waals surface area contributed by atoms with E-state index in [1.54, 1.807) is 0 Å². The zero-order valence-corrected chi connectivity index (χ0v) is 12.5. The Balaban J connectivity index is 1.98. The van der Waals surface area contributed by atoms with Gasteiger partial charge in [0.2, 0.25) is 0 Å². The van der Waals surface area contributed by atoms with Crippen LogP contribution >= 0.6 is 0 Å². The van der Waals surface area contributed by atoms with Gasteiger partial charge in [0, 0.05) is 29.6 Å². The summed E-state index contributed by atoms with van der Waals surface area (Å²) in [5, 5.41) is 11.3. The lowest BCUT2D eigenvalue weighted by atomic mass is 9.93. The molecule has 108 valence electrons. The Labute approximate surface area is 120 Å². The second-order valence-electron chi connectivity index (χ2n) is 6.15. The smallest absolute Gasteiger partial charge is 0.0585 e. The lowest BCUT2D eigenvalue weighted by Crippen LogP contribution is -2.21. The van der Waals surface area contributed by atoms with Gasteiger partial charge in [0.25, 0.3) is 0 Å². The third kappa shape index (κ3) is 2.48. The first kappa shape index (κ1) is 13.7. The summed E-state index contributed by atoms with van der Waals surface area (Å²) in [6.07, 6.45) is 3.73. The standard InChI is InChI=1S/C17H24N2O/c1-18(2)10-5-11-19-16-7-4-3-6-14(16)15-12-13(20)8-9-17(15)19/h3-4,6-7,13,20H,5,8-12H2,1-2H3. The molecule has 1 unspecified atom stereocenters. The van der Waals surface area contributed by atoms with Gasteiger partial charge in [-0.05, 0) is 51.5 Å². The van der Waals surface area contributed by atoms with E-state index in [0.717, 1.165) is 32.4 Å². The highest BCUT2D eigenvalue weighted by molar-refractivity contribution is 5.86. The molecule has 1 aliphatic carbocycles. The molecule has 3 rings (SSSR count). The van der Waals surface area contributed by atoms with Crippen molar-refractivity contribution in [1.82, 2.24) is 9.47 Å². The monoisotopic (exact) mass is 272 g/mol. The third-order valence-corrected chi connectivity index (χ3v) is 4.34. The van der Waals surface area contributed by atoms with E-state index in [-0.39, 0.29) is 6.10 Å². The van der Waals surface area contributed by atoms with Crippen LogP contribution in [-0.4, -0.2) is 41.3 Å². The van der Waals surface area contributed by atoms with E-state index >= 15 is 0 Å². The van der Waals surface area contributed by atoms with Crippen molar-refractivity contribution in [2.45, 2.75) is 38.3 Å². The Morgan fingerprint density at radius 2 is 2.10 bits per heavy atom. The number of hydrogen-bond donors (Lipinski definition) is 1. The van der Waals surface area contributed by atoms with Crippen LogP contribution in [0.25, 0.3) is 10.9 Å². The number of aliphatic hydroxyl groups excluding tert-OH is 1. The first-order valence-corrected chi connectivity index (χ1v) is 7.58. The number of para-hydroxylation sites is 1. The Kier molecular flexibility index (Phi) is 3.81. The maximum atomic E-state index is 9.96. The summed E-state index contributed by atoms with van der Waals surface area (Å²) in [6, 6.07) is 8.64. The van der Waals surface area contributed by atoms with Crippen molar-refractivity contribution in [2.75, 3.05) is 20.6 Å². The molecule has 3 heteroatoms. The maximum absolute atomic E-state index is 9.96. The maximum Gasteiger partial charge on any atom is 0.0585 e. The highest BCUT2D eigenvalue weighted by Gasteiger charge is 2.23. The van der Waals surface area contributed by atoms with Crippen LogP contribution in [-0.2, 0) is 19.4 Å². The molecule has 0 fully saturated rings. The first-order chi connectivity index (χ1) is 9.66. The van der Waals surface area contributed by atoms with E-state index in [1.165, 1.54) is 28.6 Å². The summed E-state index contributed by atoms with van der Waals surface area (Å²) in [4.78, 5) is 2.24. The number of nitrogens with zero attached hydrogens (tertiary/aromatic N) is 2. The molecule has 1 aromatic carbocycles. The van der Waals surface area contributed by atoms with E-state index < -0.39 is 0 Å². The fourth-order valence-electron chi connectivity index (χ4n) is 3.38. The van der Waals surface area contributed by atoms with Gasteiger partial charge in [-0.2, -0.15) is 0 Å². The second-order valence-corrected chi connectivity index (χ2v) is 6.15. The van der Waals surface area contributed by atoms with Crippen molar-refractivity contribution < 1.29 is 5.11 Å². The quantitative estimate of drug-likeness (QED) is 0.926. The molecule has 0 radical (unpaired) electrons. The topological polar surface area (TPSA) is 28.4 Å². The van der Waals surface area contributed by atoms with Crippen LogP contribution in [0.1, 0.15) is 24.1 Å². The highest BCUT2D eigenvalue weighted by Crippen LogP contribution is 2.32. The van der Waals surface area contributed by atoms with Crippen molar-refractivity contribution in [1.29, 1.82) is 0 Å². The highest BCUT2D eigenvalue weighted by atomic mass is 16.3. The molecule has 1 aliphatic rings. The molecule has 0 spiro atoms. The average Bonchev–Trinajstić information content (AvgIpc) is 2.73. The SMILES string of the molecule is CN(C)CCCn1c2c(c3ccccc31)CC(O)CC2. The number of rotatable bonds is 4. The molecule has 1 heterocycles. The minimum Gasteiger partial charge on any atom is -0.393 e. The van der Waals surface area contributed by atoms with E-state index in [2.05, 4.69) is 47.8 Å². The van der Waals surface area contributed by atoms with E-state index in [1.807, 2.05) is 0 Å². The molecule has 2 aromatic rings. The minimum atomic E-state index is -0.163. The molecular formula is C17H24N2O. The molecule has 1 atom stereocenters. The molecule has 3 nitrogen and oxygen atoms in total. The average molecular weight is 272 g/mol. The molecule has 1 aromatic heterocycles. The Bertz CT molecular complexity index is 600. The number of hydrogen-bond acceptors (Lipinski definition) is 2. The van der Waals surface area contributed by atoms with Crippen molar-refractivity contribution >= 4 is 10.9 Å². The number of benzene rings is 1. The lowest BCUT2D eigenvalue weighted by molar-refractivity contribution is 0.157. The van der Waals surface area contributed by atoms with Crippen molar-refractivity contribution in [2.24, 2.45) is 0 Å². The molecule has 0 saturated heterocycles. The molecular weight excluding hydrogens is 248 g/mol. The van der Waals surface area contributed by atoms with Crippen LogP contribution < -0.4 is 0 Å². The van der Waals surface area contributed by atoms with E-state index in [9.17, 15) is 5.11 Å². The van der Waals surface area contributed by atoms with Gasteiger partial charge in [-0.1, -0.05) is 18.2 Å². The number of aliphatic hydroxyl groups is 1. The molecule has 0 amide bonds. The van der Waals surface area contributed by atoms with Crippen LogP contribution in [0.4, 0.5) is 0 Å². The fourth-order valence-corrected chi connectivity index (χ4v) is 3.38. The van der Waals surface area contributed by atoms with Crippen molar-refractivity contribution in [3.8, 4) is 0 Å². The van der Waals surface area contributed by atoms with Gasteiger partial charge < -0.3 is 14.6 Å². The summed E-state index contributed by atoms with van der Waals surface area (Å²) < 4.78 is 2.49. The lowest BCUT2D eigenvalue weighted by Gasteiger charge is -2.20. The first-order valence-electron chi connectivity index (χ1n) is 7.58. The van der Waals surface area contributed by atoms with Gasteiger partial charge in [-0.25, -0.2) is 0 Å². The Hall–Kier alpha value is -1.32. The number of aromatic nitrogens is 1. The zero-order valence-electron chi connectivity index (χ0n) is 12.5. The van der Waals surface area contributed by atoms with Crippen LogP contribution in [0.5, 0.6) is 0 Å². The van der Waals surface area contributed by atoms with Crippen LogP contribution in [0.3, 0.4) is 0 Å². The molecule has 20 heavy (non-hydrogen) atoms. The zero-order chi connectivity index (χ0) is 14.1. The Morgan fingerprint density at radius 1 is 1.30 bits per heavy atom. The summed E-state index contributed by atoms with van der Waals surface area (Å²) in [5.74, 6) is 0. The Morgan fingerprint density at radius 3 is 2.90 bits per heavy atom.